The van der Waals surface area contributed by atoms with Crippen LogP contribution in [0.3, 0.4) is 0 Å². The molecule has 0 aliphatic carbocycles. The Hall–Kier alpha value is -3.53. The smallest absolute Gasteiger partial charge is 0.132 e. The number of benzene rings is 2. The number of aliphatic hydroxyl groups is 2. The van der Waals surface area contributed by atoms with Gasteiger partial charge in [-0.1, -0.05) is 6.07 Å². The van der Waals surface area contributed by atoms with Gasteiger partial charge in [-0.2, -0.15) is 0 Å². The van der Waals surface area contributed by atoms with E-state index in [1.807, 2.05) is 24.4 Å². The molecule has 39 heavy (non-hydrogen) atoms. The third-order valence-electron chi connectivity index (χ3n) is 7.57. The van der Waals surface area contributed by atoms with Gasteiger partial charge in [0.25, 0.3) is 0 Å². The summed E-state index contributed by atoms with van der Waals surface area (Å²) in [5, 5.41) is 15.7. The summed E-state index contributed by atoms with van der Waals surface area (Å²) in [7, 11) is 3.72. The lowest BCUT2D eigenvalue weighted by molar-refractivity contribution is 0.160. The van der Waals surface area contributed by atoms with E-state index in [4.69, 9.17) is 14.9 Å². The van der Waals surface area contributed by atoms with Crippen molar-refractivity contribution in [3.05, 3.63) is 66.7 Å². The van der Waals surface area contributed by atoms with Gasteiger partial charge >= 0.3 is 0 Å². The molecular formula is C30H38FN5O3. The molecule has 6 rings (SSSR count). The fraction of sp³-hybridized carbons (Fsp3) is 0.400. The molecular weight excluding hydrogens is 497 g/mol. The zero-order valence-corrected chi connectivity index (χ0v) is 22.9. The van der Waals surface area contributed by atoms with Gasteiger partial charge in [0, 0.05) is 88.8 Å². The van der Waals surface area contributed by atoms with Crippen LogP contribution in [0, 0.1) is 5.82 Å². The Kier molecular flexibility index (Phi) is 9.86. The molecule has 2 saturated heterocycles. The first kappa shape index (κ1) is 28.5. The summed E-state index contributed by atoms with van der Waals surface area (Å²) in [5.41, 5.74) is 4.00. The van der Waals surface area contributed by atoms with Crippen molar-refractivity contribution >= 4 is 33.2 Å². The van der Waals surface area contributed by atoms with Gasteiger partial charge in [0.15, 0.2) is 0 Å². The molecule has 2 fully saturated rings. The van der Waals surface area contributed by atoms with E-state index in [9.17, 15) is 4.39 Å². The summed E-state index contributed by atoms with van der Waals surface area (Å²) < 4.78 is 19.8. The number of anilines is 2. The molecule has 4 heterocycles. The van der Waals surface area contributed by atoms with Crippen molar-refractivity contribution in [2.24, 2.45) is 0 Å². The molecule has 0 unspecified atom stereocenters. The molecule has 9 heteroatoms. The van der Waals surface area contributed by atoms with E-state index < -0.39 is 0 Å². The lowest BCUT2D eigenvalue weighted by atomic mass is 10.0. The van der Waals surface area contributed by atoms with E-state index >= 15 is 0 Å². The number of ether oxygens (including phenoxy) is 1. The first-order valence-corrected chi connectivity index (χ1v) is 13.3. The molecule has 0 spiro atoms. The quantitative estimate of drug-likeness (QED) is 0.407. The van der Waals surface area contributed by atoms with Gasteiger partial charge in [-0.3, -0.25) is 14.9 Å². The number of methoxy groups -OCH3 is 1. The highest BCUT2D eigenvalue weighted by atomic mass is 19.1. The predicted molar refractivity (Wildman–Crippen MR) is 155 cm³/mol. The first-order chi connectivity index (χ1) is 19.2. The molecule has 2 aromatic carbocycles. The van der Waals surface area contributed by atoms with Crippen molar-refractivity contribution in [2.75, 3.05) is 70.4 Å². The summed E-state index contributed by atoms with van der Waals surface area (Å²) in [4.78, 5) is 16.6. The van der Waals surface area contributed by atoms with Gasteiger partial charge in [-0.25, -0.2) is 4.39 Å². The van der Waals surface area contributed by atoms with E-state index in [1.54, 1.807) is 25.4 Å². The first-order valence-electron chi connectivity index (χ1n) is 13.3. The van der Waals surface area contributed by atoms with Crippen molar-refractivity contribution < 1.29 is 19.3 Å². The van der Waals surface area contributed by atoms with Crippen LogP contribution in [-0.4, -0.2) is 91.7 Å². The fourth-order valence-corrected chi connectivity index (χ4v) is 5.68. The molecule has 2 aromatic heterocycles. The van der Waals surface area contributed by atoms with Crippen LogP contribution in [0.5, 0.6) is 5.75 Å². The zero-order chi connectivity index (χ0) is 27.8. The topological polar surface area (TPSA) is 85.2 Å². The monoisotopic (exact) mass is 535 g/mol. The minimum absolute atomic E-state index is 0.205. The molecule has 4 aromatic rings. The van der Waals surface area contributed by atoms with Crippen molar-refractivity contribution in [1.29, 1.82) is 0 Å². The van der Waals surface area contributed by atoms with Crippen LogP contribution in [0.4, 0.5) is 15.8 Å². The Morgan fingerprint density at radius 1 is 0.769 bits per heavy atom. The lowest BCUT2D eigenvalue weighted by Gasteiger charge is -2.44. The van der Waals surface area contributed by atoms with Gasteiger partial charge in [0.1, 0.15) is 11.6 Å². The Morgan fingerprint density at radius 2 is 1.41 bits per heavy atom. The minimum atomic E-state index is -0.205. The summed E-state index contributed by atoms with van der Waals surface area (Å²) >= 11 is 0. The SMILES string of the molecule is CO.CO.COc1cc(N2CCN(C3CCN(c4ccc(F)c5cccnc45)CC3)CC2)c2ncccc2c1. The normalized spacial score (nSPS) is 16.4. The number of pyridine rings is 2. The van der Waals surface area contributed by atoms with Crippen LogP contribution < -0.4 is 14.5 Å². The molecule has 2 N–H and O–H groups in total. The van der Waals surface area contributed by atoms with Gasteiger partial charge in [-0.15, -0.1) is 0 Å². The standard InChI is InChI=1S/C28H30FN5O.2CH4O/c1-35-22-18-20-4-2-10-30-27(20)26(19-22)34-16-14-32(15-17-34)21-8-12-33(13-9-21)25-7-6-24(29)23-5-3-11-31-28(23)25;2*1-2/h2-7,10-11,18-19,21H,8-9,12-17H2,1H3;2*2H,1H3. The lowest BCUT2D eigenvalue weighted by Crippen LogP contribution is -2.53. The molecule has 0 amide bonds. The molecule has 0 atom stereocenters. The van der Waals surface area contributed by atoms with Crippen molar-refractivity contribution in [3.8, 4) is 5.75 Å². The summed E-state index contributed by atoms with van der Waals surface area (Å²) in [6.45, 7) is 5.96. The summed E-state index contributed by atoms with van der Waals surface area (Å²) in [5.74, 6) is 0.668. The number of halogens is 1. The number of hydrogen-bond acceptors (Lipinski definition) is 8. The van der Waals surface area contributed by atoms with E-state index in [0.717, 1.165) is 99.9 Å². The van der Waals surface area contributed by atoms with Gasteiger partial charge in [-0.05, 0) is 49.2 Å². The molecule has 0 saturated carbocycles. The number of aromatic nitrogens is 2. The average molecular weight is 536 g/mol. The fourth-order valence-electron chi connectivity index (χ4n) is 5.68. The van der Waals surface area contributed by atoms with Gasteiger partial charge < -0.3 is 24.7 Å². The third kappa shape index (κ3) is 6.06. The van der Waals surface area contributed by atoms with Crippen LogP contribution in [0.15, 0.2) is 60.9 Å². The van der Waals surface area contributed by atoms with Crippen molar-refractivity contribution in [2.45, 2.75) is 18.9 Å². The second kappa shape index (κ2) is 13.5. The second-order valence-electron chi connectivity index (χ2n) is 9.43. The zero-order valence-electron chi connectivity index (χ0n) is 22.9. The van der Waals surface area contributed by atoms with Crippen LogP contribution in [-0.2, 0) is 0 Å². The predicted octanol–water partition coefficient (Wildman–Crippen LogP) is 3.94. The number of rotatable bonds is 4. The molecule has 8 nitrogen and oxygen atoms in total. The average Bonchev–Trinajstić information content (AvgIpc) is 3.03. The number of nitrogens with zero attached hydrogens (tertiary/aromatic N) is 5. The second-order valence-corrected chi connectivity index (χ2v) is 9.43. The maximum Gasteiger partial charge on any atom is 0.132 e. The number of hydrogen-bond donors (Lipinski definition) is 2. The maximum absolute atomic E-state index is 14.2. The van der Waals surface area contributed by atoms with Crippen LogP contribution >= 0.6 is 0 Å². The highest BCUT2D eigenvalue weighted by Gasteiger charge is 2.29. The van der Waals surface area contributed by atoms with Crippen LogP contribution in [0.1, 0.15) is 12.8 Å². The van der Waals surface area contributed by atoms with Crippen molar-refractivity contribution in [3.63, 3.8) is 0 Å². The Labute approximate surface area is 229 Å². The Bertz CT molecular complexity index is 1360. The number of piperidine rings is 1. The highest BCUT2D eigenvalue weighted by Crippen LogP contribution is 2.33. The van der Waals surface area contributed by atoms with Crippen LogP contribution in [0.2, 0.25) is 0 Å². The number of piperazine rings is 1. The van der Waals surface area contributed by atoms with Gasteiger partial charge in [0.2, 0.25) is 0 Å². The molecule has 208 valence electrons. The summed E-state index contributed by atoms with van der Waals surface area (Å²) in [6.07, 6.45) is 5.82. The Balaban J connectivity index is 0.000000845. The summed E-state index contributed by atoms with van der Waals surface area (Å²) in [6, 6.07) is 15.9. The van der Waals surface area contributed by atoms with E-state index in [2.05, 4.69) is 42.9 Å². The molecule has 0 radical (unpaired) electrons. The molecule has 0 bridgehead atoms. The third-order valence-corrected chi connectivity index (χ3v) is 7.57. The van der Waals surface area contributed by atoms with E-state index in [0.29, 0.717) is 11.4 Å². The molecule has 2 aliphatic rings. The maximum atomic E-state index is 14.2. The molecule has 2 aliphatic heterocycles. The van der Waals surface area contributed by atoms with Crippen LogP contribution in [0.25, 0.3) is 21.8 Å². The Morgan fingerprint density at radius 3 is 2.10 bits per heavy atom. The largest absolute Gasteiger partial charge is 0.497 e. The van der Waals surface area contributed by atoms with Gasteiger partial charge in [0.05, 0.1) is 29.5 Å². The number of aliphatic hydroxyl groups excluding tert-OH is 2. The van der Waals surface area contributed by atoms with E-state index in [1.165, 1.54) is 0 Å². The highest BCUT2D eigenvalue weighted by molar-refractivity contribution is 5.92. The number of fused-ring (bicyclic) bond motifs is 2. The van der Waals surface area contributed by atoms with E-state index in [-0.39, 0.29) is 5.82 Å². The minimum Gasteiger partial charge on any atom is -0.497 e. The van der Waals surface area contributed by atoms with Crippen molar-refractivity contribution in [1.82, 2.24) is 14.9 Å².